The van der Waals surface area contributed by atoms with Crippen molar-refractivity contribution in [1.29, 1.82) is 0 Å². The smallest absolute Gasteiger partial charge is 0.215 e. The van der Waals surface area contributed by atoms with E-state index in [0.29, 0.717) is 36.4 Å². The van der Waals surface area contributed by atoms with Crippen molar-refractivity contribution < 1.29 is 9.13 Å². The maximum absolute atomic E-state index is 14.6. The van der Waals surface area contributed by atoms with Crippen molar-refractivity contribution in [3.63, 3.8) is 0 Å². The lowest BCUT2D eigenvalue weighted by Gasteiger charge is -2.29. The van der Waals surface area contributed by atoms with Crippen LogP contribution in [0.5, 0.6) is 0 Å². The van der Waals surface area contributed by atoms with E-state index in [-0.39, 0.29) is 0 Å². The number of anilines is 1. The van der Waals surface area contributed by atoms with Crippen LogP contribution in [0, 0.1) is 5.95 Å². The summed E-state index contributed by atoms with van der Waals surface area (Å²) in [5.74, 6) is -0.516. The van der Waals surface area contributed by atoms with Crippen LogP contribution >= 0.6 is 15.9 Å². The van der Waals surface area contributed by atoms with Crippen molar-refractivity contribution >= 4 is 32.7 Å². The Balaban J connectivity index is 1.81. The van der Waals surface area contributed by atoms with E-state index in [1.54, 1.807) is 12.4 Å². The number of fused-ring (bicyclic) bond motifs is 1. The first-order valence-electron chi connectivity index (χ1n) is 9.29. The standard InChI is InChI=1S/C21H17BrFN5O/c22-16-11-13(4-6-25-16)19-18(14-3-1-2-5-24-14)21-20(27-19)15(12-17(23)26-21)28-7-9-29-10-8-28/h1-6,11-12,27H,7-10H2. The monoisotopic (exact) mass is 453 g/mol. The topological polar surface area (TPSA) is 66.9 Å². The van der Waals surface area contributed by atoms with E-state index >= 15 is 0 Å². The van der Waals surface area contributed by atoms with E-state index in [0.717, 1.165) is 33.7 Å². The predicted molar refractivity (Wildman–Crippen MR) is 113 cm³/mol. The first-order chi connectivity index (χ1) is 14.2. The second-order valence-electron chi connectivity index (χ2n) is 6.74. The molecule has 5 rings (SSSR count). The number of ether oxygens (including phenoxy) is 1. The molecule has 1 saturated heterocycles. The molecule has 4 aromatic rings. The van der Waals surface area contributed by atoms with Crippen LogP contribution in [0.1, 0.15) is 0 Å². The maximum atomic E-state index is 14.6. The summed E-state index contributed by atoms with van der Waals surface area (Å²) < 4.78 is 20.8. The zero-order valence-corrected chi connectivity index (χ0v) is 17.0. The van der Waals surface area contributed by atoms with Gasteiger partial charge >= 0.3 is 0 Å². The minimum absolute atomic E-state index is 0.516. The lowest BCUT2D eigenvalue weighted by atomic mass is 10.1. The van der Waals surface area contributed by atoms with E-state index in [4.69, 9.17) is 4.74 Å². The molecule has 0 saturated carbocycles. The molecule has 0 atom stereocenters. The second kappa shape index (κ2) is 7.53. The fourth-order valence-electron chi connectivity index (χ4n) is 3.70. The Kier molecular flexibility index (Phi) is 4.73. The van der Waals surface area contributed by atoms with Crippen LogP contribution < -0.4 is 4.90 Å². The van der Waals surface area contributed by atoms with Crippen molar-refractivity contribution in [2.75, 3.05) is 31.2 Å². The zero-order valence-electron chi connectivity index (χ0n) is 15.4. The molecule has 0 aliphatic carbocycles. The van der Waals surface area contributed by atoms with Crippen molar-refractivity contribution in [2.45, 2.75) is 0 Å². The number of aromatic nitrogens is 4. The van der Waals surface area contributed by atoms with E-state index in [9.17, 15) is 4.39 Å². The SMILES string of the molecule is Fc1cc(N2CCOCC2)c2[nH]c(-c3ccnc(Br)c3)c(-c3ccccn3)c2n1. The second-order valence-corrected chi connectivity index (χ2v) is 7.56. The normalized spacial score (nSPS) is 14.5. The Morgan fingerprint density at radius 1 is 1.07 bits per heavy atom. The Labute approximate surface area is 174 Å². The van der Waals surface area contributed by atoms with Gasteiger partial charge in [0.05, 0.1) is 41.4 Å². The van der Waals surface area contributed by atoms with Gasteiger partial charge in [0.1, 0.15) is 10.1 Å². The number of hydrogen-bond acceptors (Lipinski definition) is 5. The van der Waals surface area contributed by atoms with Gasteiger partial charge < -0.3 is 14.6 Å². The molecule has 4 aromatic heterocycles. The van der Waals surface area contributed by atoms with Gasteiger partial charge in [0, 0.05) is 37.1 Å². The number of morpholine rings is 1. The molecule has 0 unspecified atom stereocenters. The van der Waals surface area contributed by atoms with Crippen LogP contribution in [-0.2, 0) is 4.74 Å². The van der Waals surface area contributed by atoms with E-state index < -0.39 is 5.95 Å². The lowest BCUT2D eigenvalue weighted by Crippen LogP contribution is -2.36. The van der Waals surface area contributed by atoms with Crippen LogP contribution in [0.3, 0.4) is 0 Å². The molecule has 0 aromatic carbocycles. The fourth-order valence-corrected chi connectivity index (χ4v) is 4.06. The zero-order chi connectivity index (χ0) is 19.8. The van der Waals surface area contributed by atoms with Gasteiger partial charge in [-0.25, -0.2) is 9.97 Å². The Morgan fingerprint density at radius 2 is 1.93 bits per heavy atom. The van der Waals surface area contributed by atoms with Crippen LogP contribution in [0.25, 0.3) is 33.5 Å². The molecule has 0 spiro atoms. The molecule has 1 fully saturated rings. The van der Waals surface area contributed by atoms with Gasteiger partial charge in [-0.1, -0.05) is 6.07 Å². The fraction of sp³-hybridized carbons (Fsp3) is 0.190. The van der Waals surface area contributed by atoms with Gasteiger partial charge in [0.15, 0.2) is 0 Å². The molecule has 1 N–H and O–H groups in total. The highest BCUT2D eigenvalue weighted by Gasteiger charge is 2.23. The summed E-state index contributed by atoms with van der Waals surface area (Å²) >= 11 is 3.43. The van der Waals surface area contributed by atoms with Crippen LogP contribution in [0.15, 0.2) is 53.4 Å². The highest BCUT2D eigenvalue weighted by molar-refractivity contribution is 9.10. The Hall–Kier alpha value is -2.84. The first-order valence-corrected chi connectivity index (χ1v) is 10.1. The number of H-pyrrole nitrogens is 1. The minimum Gasteiger partial charge on any atom is -0.378 e. The molecule has 29 heavy (non-hydrogen) atoms. The number of nitrogens with zero attached hydrogens (tertiary/aromatic N) is 4. The van der Waals surface area contributed by atoms with Crippen LogP contribution in [0.4, 0.5) is 10.1 Å². The van der Waals surface area contributed by atoms with Gasteiger partial charge in [0.2, 0.25) is 5.95 Å². The quantitative estimate of drug-likeness (QED) is 0.464. The summed E-state index contributed by atoms with van der Waals surface area (Å²) in [6.45, 7) is 2.63. The summed E-state index contributed by atoms with van der Waals surface area (Å²) in [4.78, 5) is 18.6. The van der Waals surface area contributed by atoms with Gasteiger partial charge in [-0.15, -0.1) is 0 Å². The highest BCUT2D eigenvalue weighted by atomic mass is 79.9. The van der Waals surface area contributed by atoms with Crippen molar-refractivity contribution in [1.82, 2.24) is 19.9 Å². The highest BCUT2D eigenvalue weighted by Crippen LogP contribution is 2.40. The van der Waals surface area contributed by atoms with E-state index in [2.05, 4.69) is 40.8 Å². The number of hydrogen-bond donors (Lipinski definition) is 1. The molecular formula is C21H17BrFN5O. The molecule has 1 aliphatic rings. The number of aromatic amines is 1. The van der Waals surface area contributed by atoms with Crippen molar-refractivity contribution in [2.24, 2.45) is 0 Å². The number of halogens is 2. The third-order valence-corrected chi connectivity index (χ3v) is 5.43. The van der Waals surface area contributed by atoms with Gasteiger partial charge in [-0.2, -0.15) is 4.39 Å². The van der Waals surface area contributed by atoms with E-state index in [1.807, 2.05) is 30.3 Å². The largest absolute Gasteiger partial charge is 0.378 e. The maximum Gasteiger partial charge on any atom is 0.215 e. The molecule has 5 heterocycles. The molecule has 0 bridgehead atoms. The lowest BCUT2D eigenvalue weighted by molar-refractivity contribution is 0.123. The predicted octanol–water partition coefficient (Wildman–Crippen LogP) is 4.43. The number of nitrogens with one attached hydrogen (secondary N) is 1. The summed E-state index contributed by atoms with van der Waals surface area (Å²) in [6, 6.07) is 11.0. The summed E-state index contributed by atoms with van der Waals surface area (Å²) in [6.07, 6.45) is 3.45. The molecular weight excluding hydrogens is 437 g/mol. The molecule has 0 amide bonds. The number of pyridine rings is 3. The Bertz CT molecular complexity index is 1170. The minimum atomic E-state index is -0.516. The first kappa shape index (κ1) is 18.2. The average Bonchev–Trinajstić information content (AvgIpc) is 3.14. The Morgan fingerprint density at radius 3 is 2.69 bits per heavy atom. The number of rotatable bonds is 3. The summed E-state index contributed by atoms with van der Waals surface area (Å²) in [7, 11) is 0. The molecule has 6 nitrogen and oxygen atoms in total. The van der Waals surface area contributed by atoms with Gasteiger partial charge in [0.25, 0.3) is 0 Å². The molecule has 0 radical (unpaired) electrons. The molecule has 1 aliphatic heterocycles. The van der Waals surface area contributed by atoms with Crippen LogP contribution in [0.2, 0.25) is 0 Å². The summed E-state index contributed by atoms with van der Waals surface area (Å²) in [5.41, 5.74) is 5.38. The third kappa shape index (κ3) is 3.38. The van der Waals surface area contributed by atoms with Gasteiger partial charge in [-0.05, 0) is 40.2 Å². The van der Waals surface area contributed by atoms with Crippen LogP contribution in [-0.4, -0.2) is 46.2 Å². The molecule has 8 heteroatoms. The summed E-state index contributed by atoms with van der Waals surface area (Å²) in [5, 5.41) is 0. The van der Waals surface area contributed by atoms with Crippen molar-refractivity contribution in [3.8, 4) is 22.5 Å². The van der Waals surface area contributed by atoms with Gasteiger partial charge in [-0.3, -0.25) is 4.98 Å². The third-order valence-electron chi connectivity index (χ3n) is 4.99. The van der Waals surface area contributed by atoms with E-state index in [1.165, 1.54) is 6.07 Å². The molecule has 146 valence electrons. The van der Waals surface area contributed by atoms with Crippen molar-refractivity contribution in [3.05, 3.63) is 59.3 Å². The average molecular weight is 454 g/mol.